The highest BCUT2D eigenvalue weighted by Gasteiger charge is 2.62. The van der Waals surface area contributed by atoms with Crippen LogP contribution in [0.2, 0.25) is 0 Å². The molecule has 4 rings (SSSR count). The van der Waals surface area contributed by atoms with Gasteiger partial charge in [-0.15, -0.1) is 0 Å². The second kappa shape index (κ2) is 7.75. The van der Waals surface area contributed by atoms with E-state index in [9.17, 15) is 18.0 Å². The number of aromatic amines is 1. The smallest absolute Gasteiger partial charge is 0.330 e. The Labute approximate surface area is 172 Å². The average molecular weight is 437 g/mol. The summed E-state index contributed by atoms with van der Waals surface area (Å²) >= 11 is 0. The molecule has 2 saturated heterocycles. The molecule has 0 aliphatic carbocycles. The van der Waals surface area contributed by atoms with E-state index in [1.165, 1.54) is 10.8 Å². The number of nitrogens with zero attached hydrogens (tertiary/aromatic N) is 1. The molecule has 2 fully saturated rings. The van der Waals surface area contributed by atoms with E-state index in [4.69, 9.17) is 13.7 Å². The zero-order valence-electron chi connectivity index (χ0n) is 16.5. The SMILES string of the molecule is Cc1cn(C2OC3(COS(C)(=O)=O)CNC2C3OCc2ccccc2)c(=O)[nH]c1=O. The molecule has 2 N–H and O–H groups in total. The average Bonchev–Trinajstić information content (AvgIpc) is 3.20. The highest BCUT2D eigenvalue weighted by Crippen LogP contribution is 2.43. The first-order valence-electron chi connectivity index (χ1n) is 9.42. The number of hydrogen-bond acceptors (Lipinski definition) is 8. The molecule has 2 aromatic rings. The normalized spacial score (nSPS) is 28.1. The van der Waals surface area contributed by atoms with Gasteiger partial charge >= 0.3 is 5.69 Å². The van der Waals surface area contributed by atoms with Crippen molar-refractivity contribution in [3.63, 3.8) is 0 Å². The van der Waals surface area contributed by atoms with Crippen molar-refractivity contribution in [3.8, 4) is 0 Å². The summed E-state index contributed by atoms with van der Waals surface area (Å²) in [7, 11) is -3.71. The van der Waals surface area contributed by atoms with Crippen LogP contribution in [0.25, 0.3) is 0 Å². The van der Waals surface area contributed by atoms with Gasteiger partial charge in [0.15, 0.2) is 6.23 Å². The van der Waals surface area contributed by atoms with E-state index in [-0.39, 0.29) is 13.2 Å². The van der Waals surface area contributed by atoms with Gasteiger partial charge in [-0.2, -0.15) is 8.42 Å². The molecule has 2 aliphatic heterocycles. The van der Waals surface area contributed by atoms with Gasteiger partial charge in [-0.1, -0.05) is 30.3 Å². The number of nitrogens with one attached hydrogen (secondary N) is 2. The number of rotatable bonds is 7. The van der Waals surface area contributed by atoms with Crippen LogP contribution in [-0.4, -0.2) is 55.1 Å². The quantitative estimate of drug-likeness (QED) is 0.563. The van der Waals surface area contributed by atoms with E-state index in [0.717, 1.165) is 11.8 Å². The molecule has 0 radical (unpaired) electrons. The molecule has 10 nitrogen and oxygen atoms in total. The lowest BCUT2D eigenvalue weighted by molar-refractivity contribution is -0.137. The summed E-state index contributed by atoms with van der Waals surface area (Å²) in [6, 6.07) is 9.07. The number of morpholine rings is 1. The minimum absolute atomic E-state index is 0.262. The predicted octanol–water partition coefficient (Wildman–Crippen LogP) is -0.354. The zero-order chi connectivity index (χ0) is 21.5. The van der Waals surface area contributed by atoms with Gasteiger partial charge in [0.1, 0.15) is 11.7 Å². The molecule has 11 heteroatoms. The summed E-state index contributed by atoms with van der Waals surface area (Å²) in [5.41, 5.74) is -0.914. The molecule has 1 aromatic carbocycles. The number of ether oxygens (including phenoxy) is 2. The molecule has 1 aromatic heterocycles. The molecule has 0 saturated carbocycles. The van der Waals surface area contributed by atoms with E-state index in [1.807, 2.05) is 30.3 Å². The van der Waals surface area contributed by atoms with E-state index < -0.39 is 45.3 Å². The summed E-state index contributed by atoms with van der Waals surface area (Å²) in [5.74, 6) is 0. The van der Waals surface area contributed by atoms with Crippen molar-refractivity contribution in [1.82, 2.24) is 14.9 Å². The summed E-state index contributed by atoms with van der Waals surface area (Å²) in [5, 5.41) is 3.25. The second-order valence-corrected chi connectivity index (χ2v) is 9.29. The monoisotopic (exact) mass is 437 g/mol. The van der Waals surface area contributed by atoms with E-state index >= 15 is 0 Å². The first-order valence-corrected chi connectivity index (χ1v) is 11.2. The number of hydrogen-bond donors (Lipinski definition) is 2. The van der Waals surface area contributed by atoms with Crippen LogP contribution in [0.4, 0.5) is 0 Å². The molecule has 3 heterocycles. The van der Waals surface area contributed by atoms with Crippen molar-refractivity contribution >= 4 is 10.1 Å². The van der Waals surface area contributed by atoms with Crippen molar-refractivity contribution in [1.29, 1.82) is 0 Å². The molecule has 162 valence electrons. The van der Waals surface area contributed by atoms with E-state index in [2.05, 4.69) is 10.3 Å². The van der Waals surface area contributed by atoms with Crippen LogP contribution < -0.4 is 16.6 Å². The Morgan fingerprint density at radius 1 is 1.27 bits per heavy atom. The molecule has 4 unspecified atom stereocenters. The van der Waals surface area contributed by atoms with Crippen molar-refractivity contribution in [2.75, 3.05) is 19.4 Å². The predicted molar refractivity (Wildman–Crippen MR) is 107 cm³/mol. The second-order valence-electron chi connectivity index (χ2n) is 7.64. The van der Waals surface area contributed by atoms with Gasteiger partial charge in [0.05, 0.1) is 25.5 Å². The Morgan fingerprint density at radius 2 is 2.00 bits per heavy atom. The summed E-state index contributed by atoms with van der Waals surface area (Å²) in [6.07, 6.45) is 1.01. The van der Waals surface area contributed by atoms with E-state index in [0.29, 0.717) is 12.1 Å². The van der Waals surface area contributed by atoms with Gasteiger partial charge in [0.2, 0.25) is 0 Å². The van der Waals surface area contributed by atoms with Crippen molar-refractivity contribution < 1.29 is 22.1 Å². The van der Waals surface area contributed by atoms with Crippen LogP contribution in [0.5, 0.6) is 0 Å². The Hall–Kier alpha value is -2.31. The standard InChI is InChI=1S/C19H23N3O7S/c1-12-8-22(18(24)21-16(12)23)17-14-15(27-9-13-6-4-3-5-7-13)19(29-17,10-20-14)11-28-30(2,25)26/h3-8,14-15,17,20H,9-11H2,1-2H3,(H,21,23,24). The first-order chi connectivity index (χ1) is 14.2. The van der Waals surface area contributed by atoms with Gasteiger partial charge in [-0.3, -0.25) is 18.5 Å². The largest absolute Gasteiger partial charge is 0.369 e. The Bertz CT molecular complexity index is 1140. The zero-order valence-corrected chi connectivity index (χ0v) is 17.3. The fourth-order valence-electron chi connectivity index (χ4n) is 3.89. The van der Waals surface area contributed by atoms with Crippen LogP contribution in [0.3, 0.4) is 0 Å². The maximum atomic E-state index is 12.4. The minimum atomic E-state index is -3.71. The third kappa shape index (κ3) is 3.98. The molecule has 2 bridgehead atoms. The summed E-state index contributed by atoms with van der Waals surface area (Å²) in [6.45, 7) is 1.89. The van der Waals surface area contributed by atoms with Crippen LogP contribution in [0.15, 0.2) is 46.1 Å². The minimum Gasteiger partial charge on any atom is -0.369 e. The van der Waals surface area contributed by atoms with Crippen LogP contribution in [0.1, 0.15) is 17.4 Å². The topological polar surface area (TPSA) is 129 Å². The maximum absolute atomic E-state index is 12.4. The molecule has 2 aliphatic rings. The summed E-state index contributed by atoms with van der Waals surface area (Å²) in [4.78, 5) is 26.4. The lowest BCUT2D eigenvalue weighted by atomic mass is 10.00. The maximum Gasteiger partial charge on any atom is 0.330 e. The van der Waals surface area contributed by atoms with E-state index in [1.54, 1.807) is 6.92 Å². The number of aryl methyl sites for hydroxylation is 1. The lowest BCUT2D eigenvalue weighted by Gasteiger charge is -2.31. The highest BCUT2D eigenvalue weighted by molar-refractivity contribution is 7.85. The highest BCUT2D eigenvalue weighted by atomic mass is 32.2. The fourth-order valence-corrected chi connectivity index (χ4v) is 4.31. The molecular formula is C19H23N3O7S. The molecule has 0 spiro atoms. The number of H-pyrrole nitrogens is 1. The molecular weight excluding hydrogens is 414 g/mol. The Kier molecular flexibility index (Phi) is 5.41. The first kappa shape index (κ1) is 20.9. The van der Waals surface area contributed by atoms with Gasteiger partial charge < -0.3 is 14.8 Å². The van der Waals surface area contributed by atoms with Crippen molar-refractivity contribution in [2.24, 2.45) is 0 Å². The fraction of sp³-hybridized carbons (Fsp3) is 0.474. The van der Waals surface area contributed by atoms with Crippen LogP contribution in [-0.2, 0) is 30.4 Å². The van der Waals surface area contributed by atoms with Crippen LogP contribution >= 0.6 is 0 Å². The number of benzene rings is 1. The third-order valence-corrected chi connectivity index (χ3v) is 5.90. The van der Waals surface area contributed by atoms with Gasteiger partial charge in [-0.05, 0) is 12.5 Å². The molecule has 0 amide bonds. The Morgan fingerprint density at radius 3 is 2.70 bits per heavy atom. The third-order valence-electron chi connectivity index (χ3n) is 5.35. The van der Waals surface area contributed by atoms with Gasteiger partial charge in [0.25, 0.3) is 15.7 Å². The molecule has 4 atom stereocenters. The Balaban J connectivity index is 1.65. The molecule has 30 heavy (non-hydrogen) atoms. The number of fused-ring (bicyclic) bond motifs is 2. The van der Waals surface area contributed by atoms with Crippen molar-refractivity contribution in [2.45, 2.75) is 37.5 Å². The lowest BCUT2D eigenvalue weighted by Crippen LogP contribution is -2.49. The van der Waals surface area contributed by atoms with Gasteiger partial charge in [-0.25, -0.2) is 4.79 Å². The number of aromatic nitrogens is 2. The van der Waals surface area contributed by atoms with Crippen LogP contribution in [0, 0.1) is 6.92 Å². The summed E-state index contributed by atoms with van der Waals surface area (Å²) < 4.78 is 41.9. The van der Waals surface area contributed by atoms with Crippen molar-refractivity contribution in [3.05, 3.63) is 68.5 Å². The van der Waals surface area contributed by atoms with Gasteiger partial charge in [0, 0.05) is 18.3 Å².